The summed E-state index contributed by atoms with van der Waals surface area (Å²) in [4.78, 5) is 21.3. The van der Waals surface area contributed by atoms with Crippen LogP contribution in [0.3, 0.4) is 0 Å². The van der Waals surface area contributed by atoms with Gasteiger partial charge < -0.3 is 11.4 Å². The summed E-state index contributed by atoms with van der Waals surface area (Å²) in [6, 6.07) is 0. The third-order valence-electron chi connectivity index (χ3n) is 1.63. The number of aliphatic imine (C=N–C) groups is 1. The molecule has 0 atom stereocenters. The van der Waals surface area contributed by atoms with E-state index in [2.05, 4.69) is 9.98 Å². The molecule has 0 saturated carbocycles. The topological polar surface area (TPSA) is 65.8 Å². The van der Waals surface area contributed by atoms with Gasteiger partial charge in [0.25, 0.3) is 0 Å². The normalized spacial score (nSPS) is 13.4. The molecule has 1 aromatic rings. The fourth-order valence-corrected chi connectivity index (χ4v) is 1.97. The van der Waals surface area contributed by atoms with E-state index >= 15 is 0 Å². The maximum absolute atomic E-state index is 10.6. The van der Waals surface area contributed by atoms with Crippen LogP contribution in [0.25, 0.3) is 0 Å². The molecule has 1 aliphatic heterocycles. The van der Waals surface area contributed by atoms with Crippen LogP contribution in [0.5, 0.6) is 0 Å². The number of hydrogen-bond acceptors (Lipinski definition) is 5. The molecule has 7 heteroatoms. The van der Waals surface area contributed by atoms with Gasteiger partial charge in [-0.05, 0) is 0 Å². The Bertz CT molecular complexity index is 396. The van der Waals surface area contributed by atoms with Crippen molar-refractivity contribution in [3.8, 4) is 0 Å². The monoisotopic (exact) mass is 205 g/mol. The Labute approximate surface area is 98.1 Å². The average molecular weight is 205 g/mol. The largest absolute Gasteiger partial charge is 1.00 e. The average Bonchev–Trinajstić information content (AvgIpc) is 2.46. The van der Waals surface area contributed by atoms with E-state index in [0.29, 0.717) is 12.4 Å². The van der Waals surface area contributed by atoms with Crippen molar-refractivity contribution < 1.29 is 30.2 Å². The smallest absolute Gasteiger partial charge is 1.00 e. The van der Waals surface area contributed by atoms with Crippen molar-refractivity contribution in [3.05, 3.63) is 9.88 Å². The number of rotatable bonds is 1. The predicted molar refractivity (Wildman–Crippen MR) is 49.8 cm³/mol. The van der Waals surface area contributed by atoms with Gasteiger partial charge in [-0.3, -0.25) is 0 Å². The minimum absolute atomic E-state index is 0. The first-order chi connectivity index (χ1) is 6.16. The Hall–Kier alpha value is -0.833. The number of aromatic carboxylic acids is 1. The number of carboxylic acid groups (broad SMARTS) is 1. The summed E-state index contributed by atoms with van der Waals surface area (Å²) in [6.45, 7) is 0.684. The summed E-state index contributed by atoms with van der Waals surface area (Å²) in [6.07, 6.45) is 1.65. The molecule has 0 unspecified atom stereocenters. The van der Waals surface area contributed by atoms with Gasteiger partial charge in [0.15, 0.2) is 5.82 Å². The SMILES string of the molecule is CN1C=Nc2nc(C(=O)O)sc2C1.[H-].[Li+]. The summed E-state index contributed by atoms with van der Waals surface area (Å²) >= 11 is 1.18. The molecule has 0 bridgehead atoms. The molecule has 70 valence electrons. The third kappa shape index (κ3) is 1.98. The van der Waals surface area contributed by atoms with Gasteiger partial charge in [0.05, 0.1) is 17.8 Å². The Balaban J connectivity index is 0.000000980. The van der Waals surface area contributed by atoms with Gasteiger partial charge in [-0.2, -0.15) is 0 Å². The van der Waals surface area contributed by atoms with E-state index < -0.39 is 5.97 Å². The van der Waals surface area contributed by atoms with Gasteiger partial charge in [0.1, 0.15) is 0 Å². The van der Waals surface area contributed by atoms with Crippen LogP contribution in [-0.2, 0) is 6.54 Å². The van der Waals surface area contributed by atoms with Crippen LogP contribution in [0.1, 0.15) is 16.1 Å². The van der Waals surface area contributed by atoms with Crippen molar-refractivity contribution in [3.63, 3.8) is 0 Å². The zero-order valence-corrected chi connectivity index (χ0v) is 8.71. The molecule has 1 N–H and O–H groups in total. The van der Waals surface area contributed by atoms with E-state index in [1.807, 2.05) is 11.9 Å². The second-order valence-corrected chi connectivity index (χ2v) is 3.81. The van der Waals surface area contributed by atoms with Crippen LogP contribution in [0.2, 0.25) is 0 Å². The zero-order chi connectivity index (χ0) is 9.42. The van der Waals surface area contributed by atoms with E-state index in [-0.39, 0.29) is 25.3 Å². The molecule has 2 heterocycles. The number of aromatic nitrogens is 1. The molecule has 14 heavy (non-hydrogen) atoms. The molecule has 0 spiro atoms. The summed E-state index contributed by atoms with van der Waals surface area (Å²) in [5, 5.41) is 8.79. The molecule has 0 fully saturated rings. The Morgan fingerprint density at radius 1 is 1.79 bits per heavy atom. The van der Waals surface area contributed by atoms with Gasteiger partial charge in [0.2, 0.25) is 5.01 Å². The molecule has 1 aliphatic rings. The second kappa shape index (κ2) is 4.13. The number of thiazole rings is 1. The van der Waals surface area contributed by atoms with Crippen molar-refractivity contribution in [2.45, 2.75) is 6.54 Å². The molecule has 0 saturated heterocycles. The molecule has 1 aromatic heterocycles. The molecule has 0 radical (unpaired) electrons. The molecular formula is C7H8LiN3O2S. The van der Waals surface area contributed by atoms with Gasteiger partial charge >= 0.3 is 24.8 Å². The Morgan fingerprint density at radius 2 is 2.50 bits per heavy atom. The fraction of sp³-hybridized carbons (Fsp3) is 0.286. The number of carbonyl (C=O) groups is 1. The number of hydrogen-bond donors (Lipinski definition) is 1. The molecule has 0 aliphatic carbocycles. The van der Waals surface area contributed by atoms with Crippen LogP contribution >= 0.6 is 11.3 Å². The van der Waals surface area contributed by atoms with E-state index in [1.54, 1.807) is 6.34 Å². The summed E-state index contributed by atoms with van der Waals surface area (Å²) in [7, 11) is 1.88. The van der Waals surface area contributed by atoms with E-state index in [0.717, 1.165) is 4.88 Å². The van der Waals surface area contributed by atoms with Gasteiger partial charge in [-0.25, -0.2) is 14.8 Å². The van der Waals surface area contributed by atoms with E-state index in [9.17, 15) is 4.79 Å². The first-order valence-corrected chi connectivity index (χ1v) is 4.46. The first kappa shape index (κ1) is 11.2. The second-order valence-electron chi connectivity index (χ2n) is 2.73. The zero-order valence-electron chi connectivity index (χ0n) is 8.89. The quantitative estimate of drug-likeness (QED) is 0.542. The minimum Gasteiger partial charge on any atom is -1.00 e. The van der Waals surface area contributed by atoms with Crippen LogP contribution in [0.15, 0.2) is 4.99 Å². The third-order valence-corrected chi connectivity index (χ3v) is 2.65. The van der Waals surface area contributed by atoms with Gasteiger partial charge in [0, 0.05) is 7.05 Å². The summed E-state index contributed by atoms with van der Waals surface area (Å²) in [5.41, 5.74) is 0. The Morgan fingerprint density at radius 3 is 3.14 bits per heavy atom. The molecule has 2 rings (SSSR count). The van der Waals surface area contributed by atoms with Crippen molar-refractivity contribution in [2.24, 2.45) is 4.99 Å². The van der Waals surface area contributed by atoms with Crippen LogP contribution < -0.4 is 18.9 Å². The molecule has 5 nitrogen and oxygen atoms in total. The van der Waals surface area contributed by atoms with Crippen molar-refractivity contribution >= 4 is 29.5 Å². The van der Waals surface area contributed by atoms with Crippen LogP contribution in [0.4, 0.5) is 5.82 Å². The number of carboxylic acids is 1. The van der Waals surface area contributed by atoms with Gasteiger partial charge in [-0.1, -0.05) is 0 Å². The van der Waals surface area contributed by atoms with Crippen molar-refractivity contribution in [1.82, 2.24) is 9.88 Å². The van der Waals surface area contributed by atoms with Gasteiger partial charge in [-0.15, -0.1) is 11.3 Å². The minimum atomic E-state index is -0.989. The molecule has 0 amide bonds. The van der Waals surface area contributed by atoms with E-state index in [1.165, 1.54) is 11.3 Å². The van der Waals surface area contributed by atoms with Crippen molar-refractivity contribution in [2.75, 3.05) is 7.05 Å². The number of fused-ring (bicyclic) bond motifs is 1. The van der Waals surface area contributed by atoms with Crippen LogP contribution in [-0.4, -0.2) is 34.3 Å². The summed E-state index contributed by atoms with van der Waals surface area (Å²) in [5.74, 6) is -0.447. The maximum Gasteiger partial charge on any atom is 1.00 e. The van der Waals surface area contributed by atoms with E-state index in [4.69, 9.17) is 5.11 Å². The first-order valence-electron chi connectivity index (χ1n) is 3.64. The standard InChI is InChI=1S/C7H7N3O2S.Li.H/c1-10-2-4-5(8-3-10)9-6(13-4)7(11)12;;/h3H,2H2,1H3,(H,11,12);;/q;+1;-1. The number of nitrogens with zero attached hydrogens (tertiary/aromatic N) is 3. The Kier molecular flexibility index (Phi) is 3.32. The maximum atomic E-state index is 10.6. The fourth-order valence-electron chi connectivity index (χ4n) is 1.06. The summed E-state index contributed by atoms with van der Waals surface area (Å²) < 4.78 is 0. The molecular weight excluding hydrogens is 197 g/mol. The van der Waals surface area contributed by atoms with Crippen LogP contribution in [0, 0.1) is 0 Å². The predicted octanol–water partition coefficient (Wildman–Crippen LogP) is -1.94. The van der Waals surface area contributed by atoms with Crippen molar-refractivity contribution in [1.29, 1.82) is 0 Å². The molecule has 0 aromatic carbocycles.